The molecule has 4 rings (SSSR count). The van der Waals surface area contributed by atoms with Crippen molar-refractivity contribution in [2.45, 2.75) is 45.9 Å². The molecule has 2 aliphatic rings. The van der Waals surface area contributed by atoms with E-state index in [0.717, 1.165) is 41.2 Å². The van der Waals surface area contributed by atoms with Crippen molar-refractivity contribution in [3.8, 4) is 0 Å². The number of aliphatic hydroxyl groups is 1. The third kappa shape index (κ3) is 2.45. The molecule has 1 aliphatic heterocycles. The van der Waals surface area contributed by atoms with E-state index in [9.17, 15) is 9.90 Å². The largest absolute Gasteiger partial charge is 0.386 e. The Kier molecular flexibility index (Phi) is 3.53. The molecule has 24 heavy (non-hydrogen) atoms. The minimum absolute atomic E-state index is 0.0768. The van der Waals surface area contributed by atoms with Crippen LogP contribution < -0.4 is 0 Å². The van der Waals surface area contributed by atoms with E-state index in [1.54, 1.807) is 0 Å². The number of amides is 1. The highest BCUT2D eigenvalue weighted by Gasteiger charge is 2.34. The highest BCUT2D eigenvalue weighted by molar-refractivity contribution is 5.95. The molecule has 6 heteroatoms. The highest BCUT2D eigenvalue weighted by Crippen LogP contribution is 2.40. The fourth-order valence-corrected chi connectivity index (χ4v) is 3.50. The van der Waals surface area contributed by atoms with Gasteiger partial charge in [-0.2, -0.15) is 5.10 Å². The lowest BCUT2D eigenvalue weighted by atomic mass is 10.1. The summed E-state index contributed by atoms with van der Waals surface area (Å²) in [6.45, 7) is 5.89. The van der Waals surface area contributed by atoms with E-state index in [-0.39, 0.29) is 5.91 Å². The van der Waals surface area contributed by atoms with Gasteiger partial charge in [0.25, 0.3) is 5.91 Å². The van der Waals surface area contributed by atoms with Crippen molar-refractivity contribution in [1.29, 1.82) is 0 Å². The first-order valence-electron chi connectivity index (χ1n) is 8.62. The third-order valence-corrected chi connectivity index (χ3v) is 5.48. The molecule has 1 saturated carbocycles. The molecule has 6 nitrogen and oxygen atoms in total. The van der Waals surface area contributed by atoms with Gasteiger partial charge in [0.1, 0.15) is 6.10 Å². The predicted octanol–water partition coefficient (Wildman–Crippen LogP) is 1.94. The number of hydrogen-bond acceptors (Lipinski definition) is 3. The van der Waals surface area contributed by atoms with Crippen LogP contribution in [0.3, 0.4) is 0 Å². The van der Waals surface area contributed by atoms with Crippen molar-refractivity contribution < 1.29 is 9.90 Å². The Labute approximate surface area is 141 Å². The molecule has 1 fully saturated rings. The number of rotatable bonds is 3. The fraction of sp³-hybridized carbons (Fsp3) is 0.556. The summed E-state index contributed by atoms with van der Waals surface area (Å²) in [5, 5.41) is 14.8. The van der Waals surface area contributed by atoms with Gasteiger partial charge in [0.15, 0.2) is 0 Å². The van der Waals surface area contributed by atoms with Gasteiger partial charge in [0.05, 0.1) is 30.0 Å². The van der Waals surface area contributed by atoms with Crippen LogP contribution >= 0.6 is 0 Å². The summed E-state index contributed by atoms with van der Waals surface area (Å²) in [5.74, 6) is 0.447. The van der Waals surface area contributed by atoms with Gasteiger partial charge < -0.3 is 14.6 Å². The van der Waals surface area contributed by atoms with Crippen molar-refractivity contribution in [2.75, 3.05) is 6.54 Å². The van der Waals surface area contributed by atoms with Gasteiger partial charge >= 0.3 is 0 Å². The summed E-state index contributed by atoms with van der Waals surface area (Å²) in [5.41, 5.74) is 4.64. The standard InChI is InChI=1S/C18H24N4O2/c1-11-8-15(12(2)20(11)3)18(24)21-6-7-22-14(10-21)9-16(19-22)17(23)13-4-5-13/h8-9,13,17,23H,4-7,10H2,1-3H3. The van der Waals surface area contributed by atoms with Crippen molar-refractivity contribution in [2.24, 2.45) is 13.0 Å². The third-order valence-electron chi connectivity index (χ3n) is 5.48. The number of aliphatic hydroxyl groups excluding tert-OH is 1. The number of carbonyl (C=O) groups excluding carboxylic acids is 1. The molecule has 1 amide bonds. The topological polar surface area (TPSA) is 63.3 Å². The van der Waals surface area contributed by atoms with Crippen LogP contribution in [0.15, 0.2) is 12.1 Å². The molecule has 1 unspecified atom stereocenters. The summed E-state index contributed by atoms with van der Waals surface area (Å²) in [6.07, 6.45) is 1.72. The molecule has 1 N–H and O–H groups in total. The summed E-state index contributed by atoms with van der Waals surface area (Å²) >= 11 is 0. The van der Waals surface area contributed by atoms with Crippen LogP contribution in [0.2, 0.25) is 0 Å². The van der Waals surface area contributed by atoms with Crippen molar-refractivity contribution in [3.05, 3.63) is 40.5 Å². The molecular formula is C18H24N4O2. The lowest BCUT2D eigenvalue weighted by molar-refractivity contribution is 0.0704. The zero-order chi connectivity index (χ0) is 17.0. The van der Waals surface area contributed by atoms with E-state index in [2.05, 4.69) is 5.10 Å². The summed E-state index contributed by atoms with van der Waals surface area (Å²) in [7, 11) is 1.98. The van der Waals surface area contributed by atoms with Crippen LogP contribution in [-0.2, 0) is 20.1 Å². The van der Waals surface area contributed by atoms with Crippen molar-refractivity contribution in [1.82, 2.24) is 19.2 Å². The maximum Gasteiger partial charge on any atom is 0.256 e. The Bertz CT molecular complexity index is 800. The summed E-state index contributed by atoms with van der Waals surface area (Å²) in [6, 6.07) is 3.93. The van der Waals surface area contributed by atoms with Crippen LogP contribution in [0.1, 0.15) is 52.1 Å². The minimum atomic E-state index is -0.453. The van der Waals surface area contributed by atoms with Gasteiger partial charge in [0.2, 0.25) is 0 Å². The maximum absolute atomic E-state index is 12.9. The molecule has 0 radical (unpaired) electrons. The molecule has 0 aromatic carbocycles. The number of nitrogens with zero attached hydrogens (tertiary/aromatic N) is 4. The lowest BCUT2D eigenvalue weighted by Crippen LogP contribution is -2.38. The van der Waals surface area contributed by atoms with E-state index in [1.165, 1.54) is 0 Å². The SMILES string of the molecule is Cc1cc(C(=O)N2CCn3nc(C(O)C4CC4)cc3C2)c(C)n1C. The van der Waals surface area contributed by atoms with Gasteiger partial charge in [-0.25, -0.2) is 0 Å². The van der Waals surface area contributed by atoms with Gasteiger partial charge in [-0.05, 0) is 44.7 Å². The average Bonchev–Trinajstić information content (AvgIpc) is 3.29. The predicted molar refractivity (Wildman–Crippen MR) is 89.5 cm³/mol. The second-order valence-electron chi connectivity index (χ2n) is 7.14. The molecule has 3 heterocycles. The van der Waals surface area contributed by atoms with E-state index in [1.807, 2.05) is 47.2 Å². The fourth-order valence-electron chi connectivity index (χ4n) is 3.50. The molecule has 0 bridgehead atoms. The summed E-state index contributed by atoms with van der Waals surface area (Å²) < 4.78 is 3.99. The number of aryl methyl sites for hydroxylation is 1. The number of carbonyl (C=O) groups is 1. The molecular weight excluding hydrogens is 304 g/mol. The Morgan fingerprint density at radius 1 is 1.29 bits per heavy atom. The molecule has 2 aromatic rings. The van der Waals surface area contributed by atoms with Crippen LogP contribution in [0, 0.1) is 19.8 Å². The first-order valence-corrected chi connectivity index (χ1v) is 8.62. The molecule has 0 saturated heterocycles. The van der Waals surface area contributed by atoms with Crippen LogP contribution in [-0.4, -0.2) is 36.8 Å². The number of aromatic nitrogens is 3. The van der Waals surface area contributed by atoms with E-state index in [4.69, 9.17) is 0 Å². The Balaban J connectivity index is 1.55. The molecule has 1 aliphatic carbocycles. The monoisotopic (exact) mass is 328 g/mol. The molecule has 1 atom stereocenters. The Morgan fingerprint density at radius 2 is 2.04 bits per heavy atom. The zero-order valence-electron chi connectivity index (χ0n) is 14.5. The van der Waals surface area contributed by atoms with Gasteiger partial charge in [-0.15, -0.1) is 0 Å². The van der Waals surface area contributed by atoms with Gasteiger partial charge in [-0.1, -0.05) is 0 Å². The second-order valence-corrected chi connectivity index (χ2v) is 7.14. The van der Waals surface area contributed by atoms with Crippen molar-refractivity contribution in [3.63, 3.8) is 0 Å². The quantitative estimate of drug-likeness (QED) is 0.936. The van der Waals surface area contributed by atoms with Crippen molar-refractivity contribution >= 4 is 5.91 Å². The maximum atomic E-state index is 12.9. The average molecular weight is 328 g/mol. The first kappa shape index (κ1) is 15.4. The molecule has 0 spiro atoms. The lowest BCUT2D eigenvalue weighted by Gasteiger charge is -2.27. The van der Waals surface area contributed by atoms with Gasteiger partial charge in [-0.3, -0.25) is 9.48 Å². The molecule has 2 aromatic heterocycles. The van der Waals surface area contributed by atoms with E-state index >= 15 is 0 Å². The number of hydrogen-bond donors (Lipinski definition) is 1. The molecule has 128 valence electrons. The van der Waals surface area contributed by atoms with Crippen LogP contribution in [0.25, 0.3) is 0 Å². The Morgan fingerprint density at radius 3 is 2.67 bits per heavy atom. The first-order chi connectivity index (χ1) is 11.5. The number of fused-ring (bicyclic) bond motifs is 1. The van der Waals surface area contributed by atoms with Crippen LogP contribution in [0.5, 0.6) is 0 Å². The zero-order valence-corrected chi connectivity index (χ0v) is 14.5. The minimum Gasteiger partial charge on any atom is -0.386 e. The van der Waals surface area contributed by atoms with E-state index in [0.29, 0.717) is 25.6 Å². The normalized spacial score (nSPS) is 18.6. The summed E-state index contributed by atoms with van der Waals surface area (Å²) in [4.78, 5) is 14.8. The van der Waals surface area contributed by atoms with Gasteiger partial charge in [0, 0.05) is 25.0 Å². The van der Waals surface area contributed by atoms with Crippen LogP contribution in [0.4, 0.5) is 0 Å². The Hall–Kier alpha value is -2.08. The highest BCUT2D eigenvalue weighted by atomic mass is 16.3. The smallest absolute Gasteiger partial charge is 0.256 e. The van der Waals surface area contributed by atoms with E-state index < -0.39 is 6.10 Å². The second kappa shape index (κ2) is 5.48.